The molecule has 0 unspecified atom stereocenters. The van der Waals surface area contributed by atoms with E-state index in [1.54, 1.807) is 0 Å². The van der Waals surface area contributed by atoms with Crippen LogP contribution < -0.4 is 9.64 Å². The summed E-state index contributed by atoms with van der Waals surface area (Å²) in [5.41, 5.74) is 1.22. The zero-order chi connectivity index (χ0) is 11.5. The van der Waals surface area contributed by atoms with Gasteiger partial charge in [0.2, 0.25) is 0 Å². The summed E-state index contributed by atoms with van der Waals surface area (Å²) in [5.74, 6) is 2.00. The molecule has 0 N–H and O–H groups in total. The highest BCUT2D eigenvalue weighted by molar-refractivity contribution is 5.43. The molecule has 17 heavy (non-hydrogen) atoms. The minimum absolute atomic E-state index is 0.702. The Kier molecular flexibility index (Phi) is 2.66. The van der Waals surface area contributed by atoms with Crippen LogP contribution in [0.25, 0.3) is 0 Å². The molecule has 1 aromatic carbocycles. The normalized spacial score (nSPS) is 14.7. The second-order valence-electron chi connectivity index (χ2n) is 4.07. The topological polar surface area (TPSA) is 25.4 Å². The Labute approximate surface area is 101 Å². The molecule has 2 aromatic rings. The lowest BCUT2D eigenvalue weighted by atomic mass is 10.2. The summed E-state index contributed by atoms with van der Waals surface area (Å²) in [6.07, 6.45) is 1.83. The minimum atomic E-state index is 0.702. The van der Waals surface area contributed by atoms with Crippen molar-refractivity contribution in [3.05, 3.63) is 54.2 Å². The first-order valence-electron chi connectivity index (χ1n) is 5.80. The van der Waals surface area contributed by atoms with Gasteiger partial charge in [-0.25, -0.2) is 4.98 Å². The highest BCUT2D eigenvalue weighted by Crippen LogP contribution is 2.24. The van der Waals surface area contributed by atoms with Crippen LogP contribution in [0.4, 0.5) is 5.82 Å². The fourth-order valence-electron chi connectivity index (χ4n) is 2.06. The van der Waals surface area contributed by atoms with Crippen LogP contribution in [0, 0.1) is 0 Å². The lowest BCUT2D eigenvalue weighted by Crippen LogP contribution is -2.25. The number of para-hydroxylation sites is 1. The number of rotatable bonds is 1. The van der Waals surface area contributed by atoms with E-state index in [4.69, 9.17) is 4.74 Å². The number of nitrogens with zero attached hydrogens (tertiary/aromatic N) is 2. The fourth-order valence-corrected chi connectivity index (χ4v) is 2.06. The zero-order valence-corrected chi connectivity index (χ0v) is 9.54. The van der Waals surface area contributed by atoms with Crippen molar-refractivity contribution in [1.82, 2.24) is 4.98 Å². The average Bonchev–Trinajstić information content (AvgIpc) is 2.62. The third-order valence-electron chi connectivity index (χ3n) is 2.93. The highest BCUT2D eigenvalue weighted by Gasteiger charge is 2.15. The molecule has 0 saturated carbocycles. The zero-order valence-electron chi connectivity index (χ0n) is 9.54. The number of hydrogen-bond donors (Lipinski definition) is 0. The second kappa shape index (κ2) is 4.45. The van der Waals surface area contributed by atoms with Gasteiger partial charge in [0.15, 0.2) is 0 Å². The highest BCUT2D eigenvalue weighted by atomic mass is 16.5. The molecule has 1 aromatic heterocycles. The first-order valence-corrected chi connectivity index (χ1v) is 5.80. The Bertz CT molecular complexity index is 499. The number of benzene rings is 1. The number of anilines is 1. The van der Waals surface area contributed by atoms with Crippen molar-refractivity contribution >= 4 is 5.82 Å². The Hall–Kier alpha value is -2.03. The number of ether oxygens (including phenoxy) is 1. The molecule has 3 heteroatoms. The SMILES string of the molecule is c1ccc(N2CCOc3ccccc3C2)nc1. The van der Waals surface area contributed by atoms with Crippen LogP contribution in [-0.4, -0.2) is 18.1 Å². The third-order valence-corrected chi connectivity index (χ3v) is 2.93. The summed E-state index contributed by atoms with van der Waals surface area (Å²) in [5, 5.41) is 0. The van der Waals surface area contributed by atoms with Crippen molar-refractivity contribution in [2.24, 2.45) is 0 Å². The summed E-state index contributed by atoms with van der Waals surface area (Å²) in [4.78, 5) is 6.63. The van der Waals surface area contributed by atoms with Crippen LogP contribution in [0.1, 0.15) is 5.56 Å². The molecular weight excluding hydrogens is 212 g/mol. The van der Waals surface area contributed by atoms with E-state index in [-0.39, 0.29) is 0 Å². The van der Waals surface area contributed by atoms with E-state index >= 15 is 0 Å². The maximum Gasteiger partial charge on any atom is 0.128 e. The quantitative estimate of drug-likeness (QED) is 0.747. The third kappa shape index (κ3) is 2.09. The van der Waals surface area contributed by atoms with Gasteiger partial charge in [0.05, 0.1) is 6.54 Å². The van der Waals surface area contributed by atoms with Gasteiger partial charge in [-0.3, -0.25) is 0 Å². The minimum Gasteiger partial charge on any atom is -0.491 e. The molecule has 0 amide bonds. The Morgan fingerprint density at radius 1 is 1.06 bits per heavy atom. The van der Waals surface area contributed by atoms with E-state index in [1.165, 1.54) is 5.56 Å². The maximum atomic E-state index is 5.73. The van der Waals surface area contributed by atoms with Crippen molar-refractivity contribution < 1.29 is 4.74 Å². The number of fused-ring (bicyclic) bond motifs is 1. The Morgan fingerprint density at radius 3 is 2.82 bits per heavy atom. The molecule has 0 fully saturated rings. The Balaban J connectivity index is 1.91. The van der Waals surface area contributed by atoms with Crippen molar-refractivity contribution in [3.8, 4) is 5.75 Å². The fraction of sp³-hybridized carbons (Fsp3) is 0.214. The van der Waals surface area contributed by atoms with Crippen molar-refractivity contribution in [2.45, 2.75) is 6.54 Å². The van der Waals surface area contributed by atoms with Gasteiger partial charge < -0.3 is 9.64 Å². The summed E-state index contributed by atoms with van der Waals surface area (Å²) in [6, 6.07) is 14.2. The first-order chi connectivity index (χ1) is 8.43. The average molecular weight is 226 g/mol. The molecular formula is C14H14N2O. The van der Waals surface area contributed by atoms with Crippen LogP contribution in [0.2, 0.25) is 0 Å². The summed E-state index contributed by atoms with van der Waals surface area (Å²) >= 11 is 0. The number of hydrogen-bond acceptors (Lipinski definition) is 3. The standard InChI is InChI=1S/C14H14N2O/c1-2-6-13-12(5-1)11-16(9-10-17-13)14-7-3-4-8-15-14/h1-8H,9-11H2. The van der Waals surface area contributed by atoms with E-state index in [0.717, 1.165) is 24.7 Å². The molecule has 0 saturated heterocycles. The molecule has 0 bridgehead atoms. The van der Waals surface area contributed by atoms with E-state index in [1.807, 2.05) is 42.6 Å². The van der Waals surface area contributed by atoms with E-state index in [9.17, 15) is 0 Å². The van der Waals surface area contributed by atoms with Crippen molar-refractivity contribution in [3.63, 3.8) is 0 Å². The van der Waals surface area contributed by atoms with Crippen LogP contribution in [0.3, 0.4) is 0 Å². The van der Waals surface area contributed by atoms with Gasteiger partial charge in [-0.15, -0.1) is 0 Å². The number of pyridine rings is 1. The monoisotopic (exact) mass is 226 g/mol. The predicted octanol–water partition coefficient (Wildman–Crippen LogP) is 2.48. The first kappa shape index (κ1) is 10.1. The predicted molar refractivity (Wildman–Crippen MR) is 67.2 cm³/mol. The van der Waals surface area contributed by atoms with Gasteiger partial charge in [-0.1, -0.05) is 24.3 Å². The largest absolute Gasteiger partial charge is 0.491 e. The molecule has 0 spiro atoms. The maximum absolute atomic E-state index is 5.73. The summed E-state index contributed by atoms with van der Waals surface area (Å²) in [7, 11) is 0. The number of aromatic nitrogens is 1. The molecule has 0 radical (unpaired) electrons. The van der Waals surface area contributed by atoms with Crippen LogP contribution in [-0.2, 0) is 6.54 Å². The van der Waals surface area contributed by atoms with E-state index in [0.29, 0.717) is 6.61 Å². The van der Waals surface area contributed by atoms with Crippen molar-refractivity contribution in [2.75, 3.05) is 18.1 Å². The van der Waals surface area contributed by atoms with Gasteiger partial charge in [-0.2, -0.15) is 0 Å². The molecule has 1 aliphatic heterocycles. The summed E-state index contributed by atoms with van der Waals surface area (Å²) in [6.45, 7) is 2.42. The second-order valence-corrected chi connectivity index (χ2v) is 4.07. The van der Waals surface area contributed by atoms with Crippen LogP contribution in [0.5, 0.6) is 5.75 Å². The van der Waals surface area contributed by atoms with Crippen LogP contribution in [0.15, 0.2) is 48.7 Å². The Morgan fingerprint density at radius 2 is 1.94 bits per heavy atom. The van der Waals surface area contributed by atoms with Crippen LogP contribution >= 0.6 is 0 Å². The molecule has 0 atom stereocenters. The molecule has 3 nitrogen and oxygen atoms in total. The smallest absolute Gasteiger partial charge is 0.128 e. The lowest BCUT2D eigenvalue weighted by molar-refractivity contribution is 0.331. The van der Waals surface area contributed by atoms with E-state index in [2.05, 4.69) is 16.0 Å². The van der Waals surface area contributed by atoms with Gasteiger partial charge in [-0.05, 0) is 18.2 Å². The van der Waals surface area contributed by atoms with Gasteiger partial charge in [0, 0.05) is 18.3 Å². The molecule has 2 heterocycles. The van der Waals surface area contributed by atoms with E-state index < -0.39 is 0 Å². The molecule has 3 rings (SSSR count). The molecule has 0 aliphatic carbocycles. The van der Waals surface area contributed by atoms with Crippen molar-refractivity contribution in [1.29, 1.82) is 0 Å². The van der Waals surface area contributed by atoms with Gasteiger partial charge in [0.25, 0.3) is 0 Å². The van der Waals surface area contributed by atoms with Gasteiger partial charge in [0.1, 0.15) is 18.2 Å². The summed E-state index contributed by atoms with van der Waals surface area (Å²) < 4.78 is 5.73. The lowest BCUT2D eigenvalue weighted by Gasteiger charge is -2.20. The molecule has 1 aliphatic rings. The van der Waals surface area contributed by atoms with Gasteiger partial charge >= 0.3 is 0 Å². The molecule has 86 valence electrons.